The van der Waals surface area contributed by atoms with Crippen LogP contribution in [-0.4, -0.2) is 40.6 Å². The smallest absolute Gasteiger partial charge is 0.338 e. The SMILES string of the molecule is C[Si](C)(C)CCOC(=O)c1ccc(C2=c3ccc([nH]3)=C(c3c(F)c(F)c(F)c(F)c3F)c3ccc([nH]3)C(c3ccccc3)=c3ccc([nH]3)=C(c3c(F)c(F)c(F)c(F)c3F)c3ccc2[nH]3)cc1. The van der Waals surface area contributed by atoms with E-state index in [0.717, 1.165) is 0 Å². The van der Waals surface area contributed by atoms with Crippen molar-refractivity contribution in [3.63, 3.8) is 0 Å². The molecule has 1 aliphatic heterocycles. The zero-order chi connectivity index (χ0) is 47.6. The molecule has 0 saturated heterocycles. The van der Waals surface area contributed by atoms with Gasteiger partial charge in [0, 0.05) is 74.5 Å². The van der Waals surface area contributed by atoms with Crippen molar-refractivity contribution >= 4 is 36.3 Å². The Bertz CT molecular complexity index is 3510. The minimum absolute atomic E-state index is 0.130. The van der Waals surface area contributed by atoms with Crippen molar-refractivity contribution in [2.24, 2.45) is 0 Å². The predicted molar refractivity (Wildman–Crippen MR) is 232 cm³/mol. The quantitative estimate of drug-likeness (QED) is 0.0403. The zero-order valence-electron chi connectivity index (χ0n) is 35.3. The molecule has 0 radical (unpaired) electrons. The molecule has 0 saturated carbocycles. The Morgan fingerprint density at radius 2 is 0.761 bits per heavy atom. The molecule has 0 fully saturated rings. The summed E-state index contributed by atoms with van der Waals surface area (Å²) in [7, 11) is -1.55. The number of benzene rings is 4. The minimum Gasteiger partial charge on any atom is -0.462 e. The lowest BCUT2D eigenvalue weighted by atomic mass is 10.00. The fourth-order valence-electron chi connectivity index (χ4n) is 8.05. The average molecular weight is 941 g/mol. The van der Waals surface area contributed by atoms with Crippen molar-refractivity contribution in [2.75, 3.05) is 6.61 Å². The summed E-state index contributed by atoms with van der Waals surface area (Å²) >= 11 is 0. The first-order valence-corrected chi connectivity index (χ1v) is 24.3. The molecular formula is C50H34F10N4O2Si. The summed E-state index contributed by atoms with van der Waals surface area (Å²) in [4.78, 5) is 25.3. The van der Waals surface area contributed by atoms with Gasteiger partial charge in [-0.25, -0.2) is 48.7 Å². The fourth-order valence-corrected chi connectivity index (χ4v) is 8.76. The van der Waals surface area contributed by atoms with Gasteiger partial charge in [-0.3, -0.25) is 0 Å². The Kier molecular flexibility index (Phi) is 11.4. The highest BCUT2D eigenvalue weighted by Crippen LogP contribution is 2.34. The van der Waals surface area contributed by atoms with Gasteiger partial charge in [0.2, 0.25) is 11.6 Å². The van der Waals surface area contributed by atoms with Gasteiger partial charge in [0.05, 0.1) is 23.3 Å². The van der Waals surface area contributed by atoms with Gasteiger partial charge in [-0.05, 0) is 77.8 Å². The molecule has 0 atom stereocenters. The van der Waals surface area contributed by atoms with Crippen LogP contribution in [-0.2, 0) is 4.74 Å². The first-order valence-electron chi connectivity index (χ1n) is 20.6. The summed E-state index contributed by atoms with van der Waals surface area (Å²) in [6.07, 6.45) is 0. The van der Waals surface area contributed by atoms with Crippen molar-refractivity contribution in [1.29, 1.82) is 0 Å². The molecule has 340 valence electrons. The number of hydrogen-bond acceptors (Lipinski definition) is 2. The number of carbonyl (C=O) groups excluding carboxylic acids is 1. The van der Waals surface area contributed by atoms with Crippen LogP contribution in [0.3, 0.4) is 0 Å². The number of carbonyl (C=O) groups is 1. The number of aromatic amines is 4. The van der Waals surface area contributed by atoms with Crippen LogP contribution in [0.1, 0.15) is 55.4 Å². The summed E-state index contributed by atoms with van der Waals surface area (Å²) in [5, 5.41) is 0.0441. The Labute approximate surface area is 374 Å². The number of esters is 1. The van der Waals surface area contributed by atoms with E-state index in [1.54, 1.807) is 30.3 Å². The van der Waals surface area contributed by atoms with Gasteiger partial charge in [0.25, 0.3) is 0 Å². The first-order chi connectivity index (χ1) is 31.9. The molecule has 6 nitrogen and oxygen atoms in total. The number of H-pyrrole nitrogens is 4. The number of aromatic nitrogens is 4. The molecule has 17 heteroatoms. The van der Waals surface area contributed by atoms with Crippen LogP contribution in [0.25, 0.3) is 22.3 Å². The highest BCUT2D eigenvalue weighted by atomic mass is 28.3. The van der Waals surface area contributed by atoms with E-state index in [0.29, 0.717) is 22.7 Å². The summed E-state index contributed by atoms with van der Waals surface area (Å²) in [5.74, 6) is -22.5. The molecule has 4 N–H and O–H groups in total. The summed E-state index contributed by atoms with van der Waals surface area (Å²) in [6, 6.07) is 26.3. The molecule has 8 aromatic rings. The molecule has 0 aliphatic carbocycles. The topological polar surface area (TPSA) is 89.5 Å². The van der Waals surface area contributed by atoms with Gasteiger partial charge >= 0.3 is 5.97 Å². The first kappa shape index (κ1) is 44.7. The van der Waals surface area contributed by atoms with E-state index in [1.165, 1.54) is 72.8 Å². The zero-order valence-corrected chi connectivity index (χ0v) is 36.3. The lowest BCUT2D eigenvalue weighted by Gasteiger charge is -2.15. The third kappa shape index (κ3) is 7.92. The second-order valence-electron chi connectivity index (χ2n) is 16.9. The maximum absolute atomic E-state index is 16.0. The van der Waals surface area contributed by atoms with E-state index in [1.807, 2.05) is 0 Å². The van der Waals surface area contributed by atoms with Crippen LogP contribution in [0.15, 0.2) is 103 Å². The van der Waals surface area contributed by atoms with E-state index in [9.17, 15) is 13.6 Å². The number of ether oxygens (including phenoxy) is 1. The van der Waals surface area contributed by atoms with Crippen LogP contribution in [0.4, 0.5) is 43.9 Å². The molecule has 9 rings (SSSR count). The van der Waals surface area contributed by atoms with Crippen LogP contribution < -0.4 is 21.4 Å². The molecule has 4 aromatic heterocycles. The van der Waals surface area contributed by atoms with Crippen LogP contribution >= 0.6 is 0 Å². The van der Waals surface area contributed by atoms with Crippen LogP contribution in [0, 0.1) is 58.2 Å². The monoisotopic (exact) mass is 940 g/mol. The van der Waals surface area contributed by atoms with Gasteiger partial charge in [-0.1, -0.05) is 62.1 Å². The summed E-state index contributed by atoms with van der Waals surface area (Å²) < 4.78 is 159. The lowest BCUT2D eigenvalue weighted by molar-refractivity contribution is 0.0525. The number of rotatable bonds is 8. The van der Waals surface area contributed by atoms with Gasteiger partial charge in [0.15, 0.2) is 46.5 Å². The fraction of sp³-hybridized carbons (Fsp3) is 0.100. The third-order valence-electron chi connectivity index (χ3n) is 11.4. The standard InChI is InChI=1S/C50H34F10N4O2Si/c1-67(2,3)22-21-66-50(65)25-11-9-24(10-12-25)35-28-15-19-32(63-28)36(38-40(51)44(55)48(59)45(56)41(38)52)30-17-13-26(61-30)34(23-7-5-4-6-8-23)27-14-18-31(62-27)37(33-20-16-29(35)64-33)39-42(53)46(57)49(60)47(58)43(39)54/h4-20,61-64H,21-22H2,1-3H3. The molecule has 67 heavy (non-hydrogen) atoms. The molecule has 4 aromatic carbocycles. The van der Waals surface area contributed by atoms with E-state index in [4.69, 9.17) is 4.74 Å². The predicted octanol–water partition coefficient (Wildman–Crippen LogP) is 9.19. The Morgan fingerprint density at radius 3 is 1.15 bits per heavy atom. The Morgan fingerprint density at radius 1 is 0.418 bits per heavy atom. The highest BCUT2D eigenvalue weighted by Gasteiger charge is 2.32. The number of hydrogen-bond donors (Lipinski definition) is 4. The molecular weight excluding hydrogens is 907 g/mol. The van der Waals surface area contributed by atoms with E-state index >= 15 is 35.1 Å². The van der Waals surface area contributed by atoms with E-state index in [2.05, 4.69) is 39.6 Å². The maximum Gasteiger partial charge on any atom is 0.338 e. The molecule has 1 aliphatic rings. The number of halogens is 10. The van der Waals surface area contributed by atoms with Gasteiger partial charge in [-0.2, -0.15) is 0 Å². The van der Waals surface area contributed by atoms with E-state index in [-0.39, 0.29) is 61.9 Å². The normalized spacial score (nSPS) is 12.9. The number of nitrogens with one attached hydrogen (secondary N) is 4. The second-order valence-corrected chi connectivity index (χ2v) is 22.5. The van der Waals surface area contributed by atoms with E-state index < -0.39 is 94.5 Å². The van der Waals surface area contributed by atoms with Crippen LogP contribution in [0.5, 0.6) is 0 Å². The van der Waals surface area contributed by atoms with Crippen molar-refractivity contribution < 1.29 is 53.4 Å². The molecule has 5 heterocycles. The van der Waals surface area contributed by atoms with Gasteiger partial charge in [-0.15, -0.1) is 0 Å². The van der Waals surface area contributed by atoms with Crippen molar-refractivity contribution in [1.82, 2.24) is 19.9 Å². The molecule has 0 spiro atoms. The van der Waals surface area contributed by atoms with Crippen molar-refractivity contribution in [3.05, 3.63) is 233 Å². The number of fused-ring (bicyclic) bond motifs is 8. The van der Waals surface area contributed by atoms with Crippen molar-refractivity contribution in [2.45, 2.75) is 25.7 Å². The average Bonchev–Trinajstić information content (AvgIpc) is 4.17. The minimum atomic E-state index is -2.36. The van der Waals surface area contributed by atoms with Crippen molar-refractivity contribution in [3.8, 4) is 0 Å². The largest absolute Gasteiger partial charge is 0.462 e. The van der Waals surface area contributed by atoms with Gasteiger partial charge in [0.1, 0.15) is 0 Å². The molecule has 0 amide bonds. The Hall–Kier alpha value is -7.53. The van der Waals surface area contributed by atoms with Crippen LogP contribution in [0.2, 0.25) is 25.7 Å². The lowest BCUT2D eigenvalue weighted by Crippen LogP contribution is -2.22. The Balaban J connectivity index is 1.39. The molecule has 8 bridgehead atoms. The van der Waals surface area contributed by atoms with Gasteiger partial charge < -0.3 is 24.7 Å². The molecule has 0 unspecified atom stereocenters. The summed E-state index contributed by atoms with van der Waals surface area (Å²) in [6.45, 7) is 6.57. The second kappa shape index (κ2) is 17.0. The summed E-state index contributed by atoms with van der Waals surface area (Å²) in [5.41, 5.74) is -1.91. The highest BCUT2D eigenvalue weighted by molar-refractivity contribution is 6.76. The maximum atomic E-state index is 16.0. The third-order valence-corrected chi connectivity index (χ3v) is 13.1.